The van der Waals surface area contributed by atoms with Gasteiger partial charge in [-0.15, -0.1) is 0 Å². The fourth-order valence-electron chi connectivity index (χ4n) is 2.84. The molecule has 0 bridgehead atoms. The maximum atomic E-state index is 13.3. The first-order valence-corrected chi connectivity index (χ1v) is 7.19. The minimum absolute atomic E-state index is 0.117. The number of ether oxygens (including phenoxy) is 1. The molecule has 0 spiro atoms. The van der Waals surface area contributed by atoms with E-state index in [1.807, 2.05) is 0 Å². The quantitative estimate of drug-likeness (QED) is 0.906. The molecular weight excluding hydrogens is 289 g/mol. The number of carboxylic acids is 1. The molecule has 3 rings (SSSR count). The van der Waals surface area contributed by atoms with Crippen molar-refractivity contribution in [3.05, 3.63) is 35.2 Å². The van der Waals surface area contributed by atoms with Crippen LogP contribution in [-0.2, 0) is 9.59 Å². The number of hydrogen-bond donors (Lipinski definition) is 1. The van der Waals surface area contributed by atoms with Crippen LogP contribution in [0.5, 0.6) is 5.75 Å². The Morgan fingerprint density at radius 3 is 2.95 bits per heavy atom. The van der Waals surface area contributed by atoms with Crippen molar-refractivity contribution in [1.29, 1.82) is 0 Å². The molecule has 2 aliphatic rings. The Morgan fingerprint density at radius 2 is 2.18 bits per heavy atom. The highest BCUT2D eigenvalue weighted by Crippen LogP contribution is 2.28. The fraction of sp³-hybridized carbons (Fsp3) is 0.375. The molecule has 6 heteroatoms. The van der Waals surface area contributed by atoms with Crippen molar-refractivity contribution in [3.63, 3.8) is 0 Å². The van der Waals surface area contributed by atoms with Crippen LogP contribution in [0.1, 0.15) is 18.4 Å². The van der Waals surface area contributed by atoms with Gasteiger partial charge < -0.3 is 14.7 Å². The summed E-state index contributed by atoms with van der Waals surface area (Å²) in [5.74, 6) is -1.48. The SMILES string of the molecule is O=C(O)C1CCCN(C(=O)C2=Cc3cc(F)ccc3OC2)C1. The second-order valence-corrected chi connectivity index (χ2v) is 5.57. The van der Waals surface area contributed by atoms with Gasteiger partial charge in [0.25, 0.3) is 5.91 Å². The first-order chi connectivity index (χ1) is 10.5. The summed E-state index contributed by atoms with van der Waals surface area (Å²) < 4.78 is 18.8. The largest absolute Gasteiger partial charge is 0.488 e. The molecule has 2 heterocycles. The lowest BCUT2D eigenvalue weighted by atomic mass is 9.97. The Labute approximate surface area is 127 Å². The Balaban J connectivity index is 1.79. The number of amides is 1. The molecule has 0 saturated carbocycles. The molecule has 1 aromatic carbocycles. The van der Waals surface area contributed by atoms with Crippen molar-refractivity contribution in [3.8, 4) is 5.75 Å². The lowest BCUT2D eigenvalue weighted by Crippen LogP contribution is -2.43. The average Bonchev–Trinajstić information content (AvgIpc) is 2.53. The van der Waals surface area contributed by atoms with Crippen LogP contribution >= 0.6 is 0 Å². The lowest BCUT2D eigenvalue weighted by molar-refractivity contribution is -0.145. The van der Waals surface area contributed by atoms with E-state index in [-0.39, 0.29) is 19.1 Å². The second-order valence-electron chi connectivity index (χ2n) is 5.57. The molecule has 1 aromatic rings. The zero-order valence-corrected chi connectivity index (χ0v) is 11.9. The zero-order chi connectivity index (χ0) is 15.7. The van der Waals surface area contributed by atoms with E-state index in [1.165, 1.54) is 18.2 Å². The van der Waals surface area contributed by atoms with Gasteiger partial charge in [0.1, 0.15) is 18.2 Å². The Hall–Kier alpha value is -2.37. The van der Waals surface area contributed by atoms with Crippen molar-refractivity contribution < 1.29 is 23.8 Å². The van der Waals surface area contributed by atoms with Crippen LogP contribution in [0.25, 0.3) is 6.08 Å². The number of carboxylic acid groups (broad SMARTS) is 1. The van der Waals surface area contributed by atoms with E-state index in [4.69, 9.17) is 9.84 Å². The maximum Gasteiger partial charge on any atom is 0.308 e. The van der Waals surface area contributed by atoms with Crippen LogP contribution < -0.4 is 4.74 Å². The van der Waals surface area contributed by atoms with E-state index in [9.17, 15) is 14.0 Å². The number of halogens is 1. The van der Waals surface area contributed by atoms with Crippen LogP contribution in [0, 0.1) is 11.7 Å². The van der Waals surface area contributed by atoms with Crippen LogP contribution in [-0.4, -0.2) is 41.6 Å². The van der Waals surface area contributed by atoms with Gasteiger partial charge in [-0.2, -0.15) is 0 Å². The van der Waals surface area contributed by atoms with Crippen molar-refractivity contribution in [2.45, 2.75) is 12.8 Å². The molecule has 1 amide bonds. The van der Waals surface area contributed by atoms with E-state index >= 15 is 0 Å². The van der Waals surface area contributed by atoms with E-state index in [2.05, 4.69) is 0 Å². The monoisotopic (exact) mass is 305 g/mol. The normalized spacial score (nSPS) is 20.7. The van der Waals surface area contributed by atoms with Crippen LogP contribution in [0.3, 0.4) is 0 Å². The molecule has 1 N–H and O–H groups in total. The van der Waals surface area contributed by atoms with E-state index in [0.29, 0.717) is 36.3 Å². The van der Waals surface area contributed by atoms with Gasteiger partial charge in [-0.25, -0.2) is 4.39 Å². The van der Waals surface area contributed by atoms with Crippen molar-refractivity contribution in [2.75, 3.05) is 19.7 Å². The van der Waals surface area contributed by atoms with Crippen molar-refractivity contribution >= 4 is 18.0 Å². The van der Waals surface area contributed by atoms with E-state index in [0.717, 1.165) is 0 Å². The van der Waals surface area contributed by atoms with Gasteiger partial charge in [-0.3, -0.25) is 9.59 Å². The maximum absolute atomic E-state index is 13.3. The summed E-state index contributed by atoms with van der Waals surface area (Å²) in [5, 5.41) is 9.09. The first-order valence-electron chi connectivity index (χ1n) is 7.19. The smallest absolute Gasteiger partial charge is 0.308 e. The van der Waals surface area contributed by atoms with Gasteiger partial charge >= 0.3 is 5.97 Å². The van der Waals surface area contributed by atoms with Gasteiger partial charge in [0, 0.05) is 18.7 Å². The predicted octanol–water partition coefficient (Wildman–Crippen LogP) is 1.92. The Morgan fingerprint density at radius 1 is 1.36 bits per heavy atom. The lowest BCUT2D eigenvalue weighted by Gasteiger charge is -2.32. The number of benzene rings is 1. The van der Waals surface area contributed by atoms with Gasteiger partial charge in [0.2, 0.25) is 0 Å². The molecule has 1 atom stereocenters. The number of carbonyl (C=O) groups excluding carboxylic acids is 1. The molecule has 0 aliphatic carbocycles. The van der Waals surface area contributed by atoms with Gasteiger partial charge in [0.15, 0.2) is 0 Å². The standard InChI is InChI=1S/C16H16FNO4/c17-13-3-4-14-11(7-13)6-12(9-22-14)15(19)18-5-1-2-10(8-18)16(20)21/h3-4,6-7,10H,1-2,5,8-9H2,(H,20,21). The minimum Gasteiger partial charge on any atom is -0.488 e. The molecule has 5 nitrogen and oxygen atoms in total. The van der Waals surface area contributed by atoms with E-state index < -0.39 is 17.7 Å². The number of aliphatic carboxylic acids is 1. The summed E-state index contributed by atoms with van der Waals surface area (Å²) in [4.78, 5) is 25.1. The third-order valence-electron chi connectivity index (χ3n) is 4.02. The third kappa shape index (κ3) is 2.81. The number of likely N-dealkylation sites (tertiary alicyclic amines) is 1. The van der Waals surface area contributed by atoms with Gasteiger partial charge in [-0.1, -0.05) is 0 Å². The molecule has 1 unspecified atom stereocenters. The summed E-state index contributed by atoms with van der Waals surface area (Å²) in [7, 11) is 0. The summed E-state index contributed by atoms with van der Waals surface area (Å²) >= 11 is 0. The van der Waals surface area contributed by atoms with Gasteiger partial charge in [-0.05, 0) is 37.1 Å². The van der Waals surface area contributed by atoms with Crippen LogP contribution in [0.4, 0.5) is 4.39 Å². The second kappa shape index (κ2) is 5.79. The molecule has 22 heavy (non-hydrogen) atoms. The molecule has 0 radical (unpaired) electrons. The number of piperidine rings is 1. The topological polar surface area (TPSA) is 66.8 Å². The highest BCUT2D eigenvalue weighted by Gasteiger charge is 2.30. The van der Waals surface area contributed by atoms with Crippen molar-refractivity contribution in [2.24, 2.45) is 5.92 Å². The summed E-state index contributed by atoms with van der Waals surface area (Å²) in [5.41, 5.74) is 0.950. The number of hydrogen-bond acceptors (Lipinski definition) is 3. The number of nitrogens with zero attached hydrogens (tertiary/aromatic N) is 1. The molecular formula is C16H16FNO4. The predicted molar refractivity (Wildman–Crippen MR) is 76.8 cm³/mol. The Bertz CT molecular complexity index is 656. The Kier molecular flexibility index (Phi) is 3.83. The summed E-state index contributed by atoms with van der Waals surface area (Å²) in [6.07, 6.45) is 2.87. The fourth-order valence-corrected chi connectivity index (χ4v) is 2.84. The highest BCUT2D eigenvalue weighted by atomic mass is 19.1. The molecule has 0 aromatic heterocycles. The van der Waals surface area contributed by atoms with Gasteiger partial charge in [0.05, 0.1) is 11.5 Å². The van der Waals surface area contributed by atoms with Crippen LogP contribution in [0.15, 0.2) is 23.8 Å². The first kappa shape index (κ1) is 14.6. The van der Waals surface area contributed by atoms with Crippen molar-refractivity contribution in [1.82, 2.24) is 4.90 Å². The number of carbonyl (C=O) groups is 2. The minimum atomic E-state index is -0.876. The highest BCUT2D eigenvalue weighted by molar-refractivity contribution is 5.99. The molecule has 1 fully saturated rings. The van der Waals surface area contributed by atoms with Crippen LogP contribution in [0.2, 0.25) is 0 Å². The molecule has 2 aliphatic heterocycles. The molecule has 116 valence electrons. The number of fused-ring (bicyclic) bond motifs is 1. The average molecular weight is 305 g/mol. The number of rotatable bonds is 2. The molecule has 1 saturated heterocycles. The van der Waals surface area contributed by atoms with E-state index in [1.54, 1.807) is 11.0 Å². The third-order valence-corrected chi connectivity index (χ3v) is 4.02. The summed E-state index contributed by atoms with van der Waals surface area (Å²) in [6.45, 7) is 0.864. The zero-order valence-electron chi connectivity index (χ0n) is 11.9. The summed E-state index contributed by atoms with van der Waals surface area (Å²) in [6, 6.07) is 4.16.